The predicted molar refractivity (Wildman–Crippen MR) is 60.8 cm³/mol. The third-order valence-electron chi connectivity index (χ3n) is 4.58. The number of likely N-dealkylation sites (tertiary alicyclic amines) is 1. The van der Waals surface area contributed by atoms with E-state index < -0.39 is 5.60 Å². The van der Waals surface area contributed by atoms with Crippen LogP contribution >= 0.6 is 0 Å². The molecule has 3 fully saturated rings. The molecule has 1 amide bonds. The molecule has 2 saturated carbocycles. The van der Waals surface area contributed by atoms with Crippen LogP contribution in [-0.2, 0) is 4.79 Å². The minimum atomic E-state index is -0.657. The first-order chi connectivity index (χ1) is 7.55. The Kier molecular flexibility index (Phi) is 2.29. The van der Waals surface area contributed by atoms with Gasteiger partial charge < -0.3 is 10.0 Å². The van der Waals surface area contributed by atoms with Crippen molar-refractivity contribution in [3.63, 3.8) is 0 Å². The van der Waals surface area contributed by atoms with Crippen LogP contribution in [0.2, 0.25) is 0 Å². The second kappa shape index (κ2) is 3.46. The highest BCUT2D eigenvalue weighted by atomic mass is 16.3. The van der Waals surface area contributed by atoms with Gasteiger partial charge in [0.05, 0.1) is 5.60 Å². The van der Waals surface area contributed by atoms with E-state index in [4.69, 9.17) is 0 Å². The molecule has 0 aromatic carbocycles. The fourth-order valence-electron chi connectivity index (χ4n) is 3.58. The molecule has 1 aliphatic heterocycles. The second-order valence-corrected chi connectivity index (χ2v) is 6.28. The number of hydrogen-bond acceptors (Lipinski definition) is 2. The molecule has 1 N–H and O–H groups in total. The van der Waals surface area contributed by atoms with E-state index in [9.17, 15) is 9.90 Å². The first-order valence-electron chi connectivity index (χ1n) is 6.56. The third kappa shape index (κ3) is 1.86. The van der Waals surface area contributed by atoms with Gasteiger partial charge in [0.1, 0.15) is 0 Å². The van der Waals surface area contributed by atoms with Crippen LogP contribution in [0.15, 0.2) is 0 Å². The number of carbonyl (C=O) groups is 1. The summed E-state index contributed by atoms with van der Waals surface area (Å²) in [7, 11) is 0. The summed E-state index contributed by atoms with van der Waals surface area (Å²) in [5.74, 6) is 2.31. The van der Waals surface area contributed by atoms with Crippen molar-refractivity contribution in [1.29, 1.82) is 0 Å². The molecule has 3 aliphatic rings. The lowest BCUT2D eigenvalue weighted by molar-refractivity contribution is -0.142. The molecule has 2 aliphatic carbocycles. The predicted octanol–water partition coefficient (Wildman–Crippen LogP) is 1.41. The molecule has 0 aromatic rings. The Hall–Kier alpha value is -0.570. The maximum Gasteiger partial charge on any atom is 0.225 e. The average molecular weight is 223 g/mol. The summed E-state index contributed by atoms with van der Waals surface area (Å²) in [4.78, 5) is 14.2. The highest BCUT2D eigenvalue weighted by Gasteiger charge is 2.49. The van der Waals surface area contributed by atoms with Crippen molar-refractivity contribution in [2.75, 3.05) is 13.1 Å². The summed E-state index contributed by atoms with van der Waals surface area (Å²) in [6, 6.07) is 0. The molecule has 3 rings (SSSR count). The highest BCUT2D eigenvalue weighted by molar-refractivity contribution is 5.79. The van der Waals surface area contributed by atoms with Crippen LogP contribution in [0, 0.1) is 17.8 Å². The first kappa shape index (κ1) is 10.6. The normalized spacial score (nSPS) is 46.6. The lowest BCUT2D eigenvalue weighted by Crippen LogP contribution is -2.50. The Balaban J connectivity index is 1.61. The van der Waals surface area contributed by atoms with E-state index in [1.54, 1.807) is 0 Å². The number of aliphatic hydroxyl groups is 1. The Bertz CT molecular complexity index is 303. The van der Waals surface area contributed by atoms with Crippen LogP contribution in [0.1, 0.15) is 39.0 Å². The van der Waals surface area contributed by atoms with E-state index in [2.05, 4.69) is 0 Å². The average Bonchev–Trinajstić information content (AvgIpc) is 2.83. The topological polar surface area (TPSA) is 40.5 Å². The standard InChI is InChI=1S/C13H21NO2/c1-13(16)3-2-4-14(8-13)12(15)11-6-9-5-10(9)7-11/h9-11,16H,2-8H2,1H3. The molecule has 16 heavy (non-hydrogen) atoms. The molecule has 0 aromatic heterocycles. The van der Waals surface area contributed by atoms with Crippen LogP contribution in [0.5, 0.6) is 0 Å². The molecule has 0 bridgehead atoms. The number of β-amino-alcohol motifs (C(OH)–C–C–N with tert-alkyl or cyclic N) is 1. The van der Waals surface area contributed by atoms with Gasteiger partial charge in [-0.3, -0.25) is 4.79 Å². The monoisotopic (exact) mass is 223 g/mol. The zero-order chi connectivity index (χ0) is 11.3. The van der Waals surface area contributed by atoms with E-state index in [-0.39, 0.29) is 5.92 Å². The van der Waals surface area contributed by atoms with Crippen molar-refractivity contribution >= 4 is 5.91 Å². The highest BCUT2D eigenvalue weighted by Crippen LogP contribution is 2.54. The molecule has 0 radical (unpaired) electrons. The number of rotatable bonds is 1. The van der Waals surface area contributed by atoms with Crippen LogP contribution in [0.3, 0.4) is 0 Å². The van der Waals surface area contributed by atoms with E-state index in [0.29, 0.717) is 12.5 Å². The van der Waals surface area contributed by atoms with Crippen molar-refractivity contribution in [1.82, 2.24) is 4.90 Å². The lowest BCUT2D eigenvalue weighted by Gasteiger charge is -2.38. The summed E-state index contributed by atoms with van der Waals surface area (Å²) >= 11 is 0. The van der Waals surface area contributed by atoms with Crippen LogP contribution in [0.4, 0.5) is 0 Å². The van der Waals surface area contributed by atoms with Crippen LogP contribution < -0.4 is 0 Å². The molecule has 1 heterocycles. The smallest absolute Gasteiger partial charge is 0.225 e. The molecule has 3 atom stereocenters. The Morgan fingerprint density at radius 3 is 2.62 bits per heavy atom. The molecule has 0 spiro atoms. The first-order valence-corrected chi connectivity index (χ1v) is 6.56. The Morgan fingerprint density at radius 2 is 2.00 bits per heavy atom. The van der Waals surface area contributed by atoms with Gasteiger partial charge in [0.25, 0.3) is 0 Å². The second-order valence-electron chi connectivity index (χ2n) is 6.28. The van der Waals surface area contributed by atoms with Crippen molar-refractivity contribution in [2.45, 2.75) is 44.6 Å². The number of amides is 1. The third-order valence-corrected chi connectivity index (χ3v) is 4.58. The van der Waals surface area contributed by atoms with E-state index >= 15 is 0 Å². The van der Waals surface area contributed by atoms with Crippen molar-refractivity contribution in [3.05, 3.63) is 0 Å². The lowest BCUT2D eigenvalue weighted by atomic mass is 9.93. The van der Waals surface area contributed by atoms with E-state index in [0.717, 1.165) is 44.1 Å². The minimum Gasteiger partial charge on any atom is -0.388 e. The zero-order valence-corrected chi connectivity index (χ0v) is 9.98. The largest absolute Gasteiger partial charge is 0.388 e. The van der Waals surface area contributed by atoms with Crippen LogP contribution in [-0.4, -0.2) is 34.6 Å². The number of hydrogen-bond donors (Lipinski definition) is 1. The van der Waals surface area contributed by atoms with Crippen molar-refractivity contribution in [3.8, 4) is 0 Å². The molecule has 90 valence electrons. The molecule has 3 unspecified atom stereocenters. The Labute approximate surface area is 96.8 Å². The van der Waals surface area contributed by atoms with Gasteiger partial charge in [-0.05, 0) is 50.9 Å². The molecule has 3 heteroatoms. The van der Waals surface area contributed by atoms with Crippen LogP contribution in [0.25, 0.3) is 0 Å². The van der Waals surface area contributed by atoms with Gasteiger partial charge in [0.15, 0.2) is 0 Å². The number of nitrogens with zero attached hydrogens (tertiary/aromatic N) is 1. The minimum absolute atomic E-state index is 0.276. The van der Waals surface area contributed by atoms with Gasteiger partial charge in [-0.15, -0.1) is 0 Å². The number of piperidine rings is 1. The summed E-state index contributed by atoms with van der Waals surface area (Å²) in [6.45, 7) is 3.23. The van der Waals surface area contributed by atoms with Gasteiger partial charge in [-0.2, -0.15) is 0 Å². The molecular formula is C13H21NO2. The van der Waals surface area contributed by atoms with Gasteiger partial charge in [0, 0.05) is 19.0 Å². The molecule has 3 nitrogen and oxygen atoms in total. The van der Waals surface area contributed by atoms with Gasteiger partial charge in [-0.25, -0.2) is 0 Å². The summed E-state index contributed by atoms with van der Waals surface area (Å²) < 4.78 is 0. The quantitative estimate of drug-likeness (QED) is 0.730. The van der Waals surface area contributed by atoms with E-state index in [1.165, 1.54) is 6.42 Å². The van der Waals surface area contributed by atoms with Gasteiger partial charge >= 0.3 is 0 Å². The Morgan fingerprint density at radius 1 is 1.31 bits per heavy atom. The molecular weight excluding hydrogens is 202 g/mol. The zero-order valence-electron chi connectivity index (χ0n) is 9.98. The number of carbonyl (C=O) groups excluding carboxylic acids is 1. The maximum absolute atomic E-state index is 12.3. The maximum atomic E-state index is 12.3. The van der Waals surface area contributed by atoms with Crippen molar-refractivity contribution < 1.29 is 9.90 Å². The van der Waals surface area contributed by atoms with Gasteiger partial charge in [0.2, 0.25) is 5.91 Å². The fraction of sp³-hybridized carbons (Fsp3) is 0.923. The fourth-order valence-corrected chi connectivity index (χ4v) is 3.58. The molecule has 1 saturated heterocycles. The SMILES string of the molecule is CC1(O)CCCN(C(=O)C2CC3CC3C2)C1. The number of fused-ring (bicyclic) bond motifs is 1. The van der Waals surface area contributed by atoms with Crippen molar-refractivity contribution in [2.24, 2.45) is 17.8 Å². The summed E-state index contributed by atoms with van der Waals surface area (Å²) in [5.41, 5.74) is -0.657. The summed E-state index contributed by atoms with van der Waals surface area (Å²) in [5, 5.41) is 10.0. The van der Waals surface area contributed by atoms with Gasteiger partial charge in [-0.1, -0.05) is 0 Å². The van der Waals surface area contributed by atoms with E-state index in [1.807, 2.05) is 11.8 Å². The summed E-state index contributed by atoms with van der Waals surface area (Å²) in [6.07, 6.45) is 5.36.